The number of anilines is 1. The molecule has 0 spiro atoms. The van der Waals surface area contributed by atoms with Crippen molar-refractivity contribution in [2.45, 2.75) is 19.3 Å². The minimum absolute atomic E-state index is 0.0197. The topological polar surface area (TPSA) is 69.2 Å². The molecule has 4 nitrogen and oxygen atoms in total. The molecule has 0 unspecified atom stereocenters. The second kappa shape index (κ2) is 6.70. The summed E-state index contributed by atoms with van der Waals surface area (Å²) in [5, 5.41) is 13.7. The minimum atomic E-state index is -1.31. The number of carboxylic acids is 1. The molecule has 0 aliphatic heterocycles. The Bertz CT molecular complexity index is 637. The largest absolute Gasteiger partial charge is 0.545 e. The maximum absolute atomic E-state index is 12.4. The molecule has 0 heterocycles. The van der Waals surface area contributed by atoms with Crippen LogP contribution >= 0.6 is 0 Å². The summed E-state index contributed by atoms with van der Waals surface area (Å²) in [5.41, 5.74) is 1.15. The zero-order valence-corrected chi connectivity index (χ0v) is 11.7. The van der Waals surface area contributed by atoms with Gasteiger partial charge >= 0.3 is 0 Å². The number of carbonyl (C=O) groups excluding carboxylic acids is 2. The molecule has 2 aromatic rings. The van der Waals surface area contributed by atoms with Crippen LogP contribution in [0, 0.1) is 0 Å². The van der Waals surface area contributed by atoms with Gasteiger partial charge in [-0.1, -0.05) is 55.5 Å². The van der Waals surface area contributed by atoms with Crippen LogP contribution in [-0.4, -0.2) is 11.9 Å². The number of carbonyl (C=O) groups is 2. The van der Waals surface area contributed by atoms with Crippen molar-refractivity contribution in [3.63, 3.8) is 0 Å². The first kappa shape index (κ1) is 14.8. The fourth-order valence-electron chi connectivity index (χ4n) is 2.25. The molecule has 1 N–H and O–H groups in total. The number of hydrogen-bond donors (Lipinski definition) is 1. The molecule has 2 aromatic carbocycles. The maximum atomic E-state index is 12.4. The molecule has 0 aliphatic carbocycles. The number of amides is 1. The van der Waals surface area contributed by atoms with Gasteiger partial charge in [0.1, 0.15) is 0 Å². The molecule has 0 aromatic heterocycles. The van der Waals surface area contributed by atoms with Crippen LogP contribution in [0.4, 0.5) is 5.69 Å². The highest BCUT2D eigenvalue weighted by atomic mass is 16.4. The van der Waals surface area contributed by atoms with Crippen LogP contribution in [0.3, 0.4) is 0 Å². The lowest BCUT2D eigenvalue weighted by atomic mass is 9.95. The molecule has 108 valence electrons. The van der Waals surface area contributed by atoms with Crippen LogP contribution in [0.1, 0.15) is 35.2 Å². The molecule has 2 rings (SSSR count). The van der Waals surface area contributed by atoms with E-state index < -0.39 is 5.97 Å². The number of rotatable bonds is 5. The van der Waals surface area contributed by atoms with Crippen molar-refractivity contribution in [3.8, 4) is 0 Å². The van der Waals surface area contributed by atoms with E-state index in [-0.39, 0.29) is 23.1 Å². The van der Waals surface area contributed by atoms with Gasteiger partial charge in [-0.2, -0.15) is 0 Å². The predicted octanol–water partition coefficient (Wildman–Crippen LogP) is 2.18. The monoisotopic (exact) mass is 282 g/mol. The molecular weight excluding hydrogens is 266 g/mol. The van der Waals surface area contributed by atoms with E-state index in [1.54, 1.807) is 18.2 Å². The third-order valence-electron chi connectivity index (χ3n) is 3.33. The standard InChI is InChI=1S/C17H17NO3/c1-2-13(12-8-4-3-5-9-12)16(19)18-15-11-7-6-10-14(15)17(20)21/h3-11,13H,2H2,1H3,(H,18,19)(H,20,21)/p-1/t13-/m0/s1. The molecule has 21 heavy (non-hydrogen) atoms. The van der Waals surface area contributed by atoms with Gasteiger partial charge in [-0.05, 0) is 18.1 Å². The number of para-hydroxylation sites is 1. The average Bonchev–Trinajstić information content (AvgIpc) is 2.49. The molecule has 4 heteroatoms. The number of carboxylic acid groups (broad SMARTS) is 1. The molecule has 1 atom stereocenters. The quantitative estimate of drug-likeness (QED) is 0.913. The summed E-state index contributed by atoms with van der Waals surface area (Å²) in [5.74, 6) is -1.85. The lowest BCUT2D eigenvalue weighted by molar-refractivity contribution is -0.254. The summed E-state index contributed by atoms with van der Waals surface area (Å²) in [6, 6.07) is 15.6. The van der Waals surface area contributed by atoms with Gasteiger partial charge in [0.15, 0.2) is 0 Å². The fourth-order valence-corrected chi connectivity index (χ4v) is 2.25. The predicted molar refractivity (Wildman–Crippen MR) is 78.9 cm³/mol. The van der Waals surface area contributed by atoms with Gasteiger partial charge < -0.3 is 15.2 Å². The number of aromatic carboxylic acids is 1. The van der Waals surface area contributed by atoms with Crippen LogP contribution in [0.25, 0.3) is 0 Å². The highest BCUT2D eigenvalue weighted by Crippen LogP contribution is 2.22. The molecule has 0 saturated heterocycles. The highest BCUT2D eigenvalue weighted by molar-refractivity contribution is 6.01. The molecular formula is C17H16NO3-. The van der Waals surface area contributed by atoms with E-state index in [1.165, 1.54) is 6.07 Å². The average molecular weight is 282 g/mol. The van der Waals surface area contributed by atoms with Crippen molar-refractivity contribution < 1.29 is 14.7 Å². The second-order valence-corrected chi connectivity index (χ2v) is 4.69. The lowest BCUT2D eigenvalue weighted by Gasteiger charge is -2.17. The van der Waals surface area contributed by atoms with Crippen molar-refractivity contribution in [3.05, 3.63) is 65.7 Å². The zero-order chi connectivity index (χ0) is 15.2. The molecule has 0 saturated carbocycles. The van der Waals surface area contributed by atoms with Gasteiger partial charge in [-0.3, -0.25) is 4.79 Å². The normalized spacial score (nSPS) is 11.7. The Morgan fingerprint density at radius 1 is 1.05 bits per heavy atom. The van der Waals surface area contributed by atoms with Crippen LogP contribution < -0.4 is 10.4 Å². The van der Waals surface area contributed by atoms with Gasteiger partial charge in [-0.15, -0.1) is 0 Å². The Balaban J connectivity index is 2.23. The van der Waals surface area contributed by atoms with Crippen LogP contribution in [0.5, 0.6) is 0 Å². The van der Waals surface area contributed by atoms with E-state index in [1.807, 2.05) is 37.3 Å². The molecule has 0 aliphatic rings. The SMILES string of the molecule is CC[C@H](C(=O)Nc1ccccc1C(=O)[O-])c1ccccc1. The molecule has 0 radical (unpaired) electrons. The second-order valence-electron chi connectivity index (χ2n) is 4.69. The number of nitrogens with one attached hydrogen (secondary N) is 1. The smallest absolute Gasteiger partial charge is 0.231 e. The van der Waals surface area contributed by atoms with Gasteiger partial charge in [0.05, 0.1) is 11.9 Å². The Hall–Kier alpha value is -2.62. The van der Waals surface area contributed by atoms with Crippen LogP contribution in [0.2, 0.25) is 0 Å². The van der Waals surface area contributed by atoms with Gasteiger partial charge in [0, 0.05) is 11.3 Å². The van der Waals surface area contributed by atoms with Crippen molar-refractivity contribution >= 4 is 17.6 Å². The Morgan fingerprint density at radius 3 is 2.29 bits per heavy atom. The zero-order valence-electron chi connectivity index (χ0n) is 11.7. The van der Waals surface area contributed by atoms with E-state index in [2.05, 4.69) is 5.32 Å². The molecule has 0 fully saturated rings. The van der Waals surface area contributed by atoms with Crippen molar-refractivity contribution in [1.29, 1.82) is 0 Å². The van der Waals surface area contributed by atoms with E-state index >= 15 is 0 Å². The summed E-state index contributed by atoms with van der Waals surface area (Å²) >= 11 is 0. The fraction of sp³-hybridized carbons (Fsp3) is 0.176. The highest BCUT2D eigenvalue weighted by Gasteiger charge is 2.19. The van der Waals surface area contributed by atoms with E-state index in [4.69, 9.17) is 0 Å². The van der Waals surface area contributed by atoms with E-state index in [0.717, 1.165) is 5.56 Å². The van der Waals surface area contributed by atoms with Gasteiger partial charge in [0.25, 0.3) is 0 Å². The first-order chi connectivity index (χ1) is 10.1. The Morgan fingerprint density at radius 2 is 1.67 bits per heavy atom. The number of benzene rings is 2. The summed E-state index contributed by atoms with van der Waals surface area (Å²) < 4.78 is 0. The van der Waals surface area contributed by atoms with Gasteiger partial charge in [-0.25, -0.2) is 0 Å². The van der Waals surface area contributed by atoms with Gasteiger partial charge in [0.2, 0.25) is 5.91 Å². The minimum Gasteiger partial charge on any atom is -0.545 e. The van der Waals surface area contributed by atoms with Crippen molar-refractivity contribution in [1.82, 2.24) is 0 Å². The molecule has 1 amide bonds. The lowest BCUT2D eigenvalue weighted by Crippen LogP contribution is -2.26. The van der Waals surface area contributed by atoms with E-state index in [0.29, 0.717) is 6.42 Å². The van der Waals surface area contributed by atoms with Crippen LogP contribution in [-0.2, 0) is 4.79 Å². The third-order valence-corrected chi connectivity index (χ3v) is 3.33. The first-order valence-electron chi connectivity index (χ1n) is 6.79. The van der Waals surface area contributed by atoms with Crippen molar-refractivity contribution in [2.75, 3.05) is 5.32 Å². The van der Waals surface area contributed by atoms with E-state index in [9.17, 15) is 14.7 Å². The first-order valence-corrected chi connectivity index (χ1v) is 6.79. The summed E-state index contributed by atoms with van der Waals surface area (Å²) in [6.45, 7) is 1.92. The summed E-state index contributed by atoms with van der Waals surface area (Å²) in [7, 11) is 0. The molecule has 0 bridgehead atoms. The Kier molecular flexibility index (Phi) is 4.72. The Labute approximate surface area is 123 Å². The maximum Gasteiger partial charge on any atom is 0.231 e. The number of hydrogen-bond acceptors (Lipinski definition) is 3. The van der Waals surface area contributed by atoms with Crippen molar-refractivity contribution in [2.24, 2.45) is 0 Å². The summed E-state index contributed by atoms with van der Waals surface area (Å²) in [4.78, 5) is 23.4. The third kappa shape index (κ3) is 3.48. The van der Waals surface area contributed by atoms with Crippen LogP contribution in [0.15, 0.2) is 54.6 Å². The summed E-state index contributed by atoms with van der Waals surface area (Å²) in [6.07, 6.45) is 0.628.